The normalized spacial score (nSPS) is 23.6. The minimum atomic E-state index is -0.618. The van der Waals surface area contributed by atoms with Gasteiger partial charge in [-0.15, -0.1) is 0 Å². The van der Waals surface area contributed by atoms with E-state index >= 15 is 0 Å². The molecule has 2 heterocycles. The number of likely N-dealkylation sites (tertiary alicyclic amines) is 1. The fourth-order valence-corrected chi connectivity index (χ4v) is 4.30. The maximum absolute atomic E-state index is 13.0. The smallest absolute Gasteiger partial charge is 0.266 e. The number of carbonyl (C=O) groups is 1. The number of benzene rings is 2. The third-order valence-electron chi connectivity index (χ3n) is 5.39. The predicted octanol–water partition coefficient (Wildman–Crippen LogP) is 3.98. The number of hydrogen-bond donors (Lipinski definition) is 0. The van der Waals surface area contributed by atoms with Crippen LogP contribution in [-0.4, -0.2) is 50.4 Å². The van der Waals surface area contributed by atoms with E-state index in [1.807, 2.05) is 47.4 Å². The molecule has 7 heteroatoms. The average Bonchev–Trinajstić information content (AvgIpc) is 3.26. The number of hydrogen-bond acceptors (Lipinski definition) is 5. The highest BCUT2D eigenvalue weighted by atomic mass is 79.9. The van der Waals surface area contributed by atoms with Crippen molar-refractivity contribution in [1.82, 2.24) is 4.90 Å². The Morgan fingerprint density at radius 3 is 2.69 bits per heavy atom. The molecule has 1 amide bonds. The highest BCUT2D eigenvalue weighted by Crippen LogP contribution is 2.43. The van der Waals surface area contributed by atoms with Crippen LogP contribution in [0.5, 0.6) is 17.2 Å². The number of carbonyl (C=O) groups excluding carboxylic acids is 1. The molecule has 0 saturated carbocycles. The quantitative estimate of drug-likeness (QED) is 0.583. The van der Waals surface area contributed by atoms with Gasteiger partial charge in [0.1, 0.15) is 23.3 Å². The lowest BCUT2D eigenvalue weighted by Crippen LogP contribution is -2.62. The Balaban J connectivity index is 1.64. The monoisotopic (exact) mass is 461 g/mol. The third-order valence-corrected chi connectivity index (χ3v) is 5.89. The first-order valence-corrected chi connectivity index (χ1v) is 10.5. The van der Waals surface area contributed by atoms with Gasteiger partial charge in [-0.25, -0.2) is 0 Å². The Labute approximate surface area is 178 Å². The molecule has 0 aliphatic carbocycles. The Morgan fingerprint density at radius 2 is 2.00 bits per heavy atom. The minimum absolute atomic E-state index is 0.0386. The largest absolute Gasteiger partial charge is 0.497 e. The molecule has 0 unspecified atom stereocenters. The summed E-state index contributed by atoms with van der Waals surface area (Å²) < 4.78 is 23.7. The predicted molar refractivity (Wildman–Crippen MR) is 112 cm³/mol. The van der Waals surface area contributed by atoms with E-state index in [2.05, 4.69) is 15.9 Å². The Morgan fingerprint density at radius 1 is 1.14 bits per heavy atom. The number of ether oxygens (including phenoxy) is 4. The molecule has 3 atom stereocenters. The van der Waals surface area contributed by atoms with Gasteiger partial charge in [-0.1, -0.05) is 22.0 Å². The molecule has 0 bridgehead atoms. The van der Waals surface area contributed by atoms with E-state index in [4.69, 9.17) is 18.9 Å². The number of β-lactam (4-membered cyclic amide) rings is 1. The summed E-state index contributed by atoms with van der Waals surface area (Å²) >= 11 is 3.45. The van der Waals surface area contributed by atoms with Crippen molar-refractivity contribution in [1.29, 1.82) is 0 Å². The molecule has 0 aromatic heterocycles. The molecular weight excluding hydrogens is 438 g/mol. The van der Waals surface area contributed by atoms with Crippen molar-refractivity contribution >= 4 is 21.8 Å². The van der Waals surface area contributed by atoms with Gasteiger partial charge in [-0.3, -0.25) is 4.79 Å². The highest BCUT2D eigenvalue weighted by Gasteiger charge is 2.52. The first-order chi connectivity index (χ1) is 14.1. The Kier molecular flexibility index (Phi) is 5.96. The third kappa shape index (κ3) is 4.07. The Hall–Kier alpha value is -2.25. The molecule has 154 valence electrons. The van der Waals surface area contributed by atoms with Crippen LogP contribution in [0.3, 0.4) is 0 Å². The number of halogens is 1. The summed E-state index contributed by atoms with van der Waals surface area (Å²) in [5, 5.41) is 0. The lowest BCUT2D eigenvalue weighted by atomic mass is 9.89. The van der Waals surface area contributed by atoms with Gasteiger partial charge in [-0.2, -0.15) is 0 Å². The summed E-state index contributed by atoms with van der Waals surface area (Å²) in [6.45, 7) is 1.30. The van der Waals surface area contributed by atoms with Gasteiger partial charge < -0.3 is 23.8 Å². The van der Waals surface area contributed by atoms with Gasteiger partial charge >= 0.3 is 0 Å². The maximum atomic E-state index is 13.0. The van der Waals surface area contributed by atoms with Crippen LogP contribution in [0.4, 0.5) is 0 Å². The van der Waals surface area contributed by atoms with Crippen LogP contribution in [0, 0.1) is 0 Å². The van der Waals surface area contributed by atoms with Crippen LogP contribution in [0.25, 0.3) is 0 Å². The van der Waals surface area contributed by atoms with E-state index < -0.39 is 6.10 Å². The van der Waals surface area contributed by atoms with Gasteiger partial charge in [-0.05, 0) is 43.2 Å². The summed E-state index contributed by atoms with van der Waals surface area (Å²) in [5.41, 5.74) is 0.894. The van der Waals surface area contributed by atoms with Gasteiger partial charge in [0.05, 0.1) is 20.3 Å². The number of nitrogens with zero attached hydrogens (tertiary/aromatic N) is 1. The van der Waals surface area contributed by atoms with Crippen LogP contribution in [0.2, 0.25) is 0 Å². The van der Waals surface area contributed by atoms with Crippen molar-refractivity contribution in [2.24, 2.45) is 0 Å². The number of rotatable bonds is 7. The summed E-state index contributed by atoms with van der Waals surface area (Å²) in [6, 6.07) is 12.9. The second-order valence-corrected chi connectivity index (χ2v) is 8.09. The molecule has 29 heavy (non-hydrogen) atoms. The molecular formula is C22H24BrNO5. The first kappa shape index (κ1) is 20.0. The molecule has 0 N–H and O–H groups in total. The van der Waals surface area contributed by atoms with Gasteiger partial charge in [0.2, 0.25) is 6.10 Å². The highest BCUT2D eigenvalue weighted by molar-refractivity contribution is 9.10. The fraction of sp³-hybridized carbons (Fsp3) is 0.409. The summed E-state index contributed by atoms with van der Waals surface area (Å²) in [5.74, 6) is 1.98. The van der Waals surface area contributed by atoms with Crippen LogP contribution in [0.1, 0.15) is 24.4 Å². The van der Waals surface area contributed by atoms with Crippen LogP contribution < -0.4 is 14.2 Å². The lowest BCUT2D eigenvalue weighted by Gasteiger charge is -2.47. The SMILES string of the molecule is COc1ccc([C@@H]2[C@@H](Oc3cccc(Br)c3)C(=O)N2C[C@@H]2CCCO2)c(OC)c1. The zero-order valence-corrected chi connectivity index (χ0v) is 18.1. The van der Waals surface area contributed by atoms with Crippen molar-refractivity contribution in [3.05, 3.63) is 52.5 Å². The van der Waals surface area contributed by atoms with Crippen molar-refractivity contribution in [3.63, 3.8) is 0 Å². The molecule has 6 nitrogen and oxygen atoms in total. The molecule has 2 aliphatic rings. The first-order valence-electron chi connectivity index (χ1n) is 9.67. The summed E-state index contributed by atoms with van der Waals surface area (Å²) in [4.78, 5) is 14.8. The topological polar surface area (TPSA) is 57.2 Å². The number of methoxy groups -OCH3 is 2. The summed E-state index contributed by atoms with van der Waals surface area (Å²) in [6.07, 6.45) is 1.44. The molecule has 2 fully saturated rings. The second-order valence-electron chi connectivity index (χ2n) is 7.17. The van der Waals surface area contributed by atoms with E-state index in [0.717, 1.165) is 29.5 Å². The van der Waals surface area contributed by atoms with Crippen molar-refractivity contribution in [2.45, 2.75) is 31.1 Å². The maximum Gasteiger partial charge on any atom is 0.266 e. The van der Waals surface area contributed by atoms with Gasteiger partial charge in [0, 0.05) is 29.3 Å². The minimum Gasteiger partial charge on any atom is -0.497 e. The van der Waals surface area contributed by atoms with Crippen molar-refractivity contribution in [2.75, 3.05) is 27.4 Å². The van der Waals surface area contributed by atoms with Crippen LogP contribution >= 0.6 is 15.9 Å². The number of amides is 1. The zero-order chi connectivity index (χ0) is 20.4. The van der Waals surface area contributed by atoms with Crippen molar-refractivity contribution in [3.8, 4) is 17.2 Å². The molecule has 0 spiro atoms. The van der Waals surface area contributed by atoms with E-state index in [1.54, 1.807) is 14.2 Å². The second kappa shape index (κ2) is 8.63. The van der Waals surface area contributed by atoms with E-state index in [9.17, 15) is 4.79 Å². The average molecular weight is 462 g/mol. The summed E-state index contributed by atoms with van der Waals surface area (Å²) in [7, 11) is 3.23. The van der Waals surface area contributed by atoms with E-state index in [-0.39, 0.29) is 18.1 Å². The van der Waals surface area contributed by atoms with E-state index in [0.29, 0.717) is 23.8 Å². The lowest BCUT2D eigenvalue weighted by molar-refractivity contribution is -0.167. The van der Waals surface area contributed by atoms with Crippen molar-refractivity contribution < 1.29 is 23.7 Å². The molecule has 2 saturated heterocycles. The van der Waals surface area contributed by atoms with E-state index in [1.165, 1.54) is 0 Å². The molecule has 4 rings (SSSR count). The fourth-order valence-electron chi connectivity index (χ4n) is 3.92. The Bertz CT molecular complexity index is 883. The molecule has 2 aromatic rings. The zero-order valence-electron chi connectivity index (χ0n) is 16.5. The molecule has 2 aromatic carbocycles. The standard InChI is InChI=1S/C22H24BrNO5/c1-26-15-8-9-18(19(12-15)27-2)20-21(29-16-6-3-5-14(23)11-16)22(25)24(20)13-17-7-4-10-28-17/h3,5-6,8-9,11-12,17,20-21H,4,7,10,13H2,1-2H3/t17-,20+,21+/m0/s1. The van der Waals surface area contributed by atoms with Gasteiger partial charge in [0.25, 0.3) is 5.91 Å². The van der Waals surface area contributed by atoms with Crippen LogP contribution in [0.15, 0.2) is 46.9 Å². The van der Waals surface area contributed by atoms with Gasteiger partial charge in [0.15, 0.2) is 0 Å². The molecule has 2 aliphatic heterocycles. The van der Waals surface area contributed by atoms with Crippen LogP contribution in [-0.2, 0) is 9.53 Å². The molecule has 0 radical (unpaired) electrons.